The Kier molecular flexibility index (Phi) is 4.46. The zero-order chi connectivity index (χ0) is 9.80. The van der Waals surface area contributed by atoms with Gasteiger partial charge in [0.25, 0.3) is 0 Å². The SMILES string of the molecule is Cl.Clc1cccc(OCc2ncc[nH]2)c1. The van der Waals surface area contributed by atoms with Crippen LogP contribution in [0.4, 0.5) is 0 Å². The smallest absolute Gasteiger partial charge is 0.146 e. The predicted molar refractivity (Wildman–Crippen MR) is 61.6 cm³/mol. The van der Waals surface area contributed by atoms with Crippen LogP contribution in [0, 0.1) is 0 Å². The lowest BCUT2D eigenvalue weighted by Crippen LogP contribution is -1.96. The Morgan fingerprint density at radius 1 is 1.40 bits per heavy atom. The topological polar surface area (TPSA) is 37.9 Å². The van der Waals surface area contributed by atoms with Crippen molar-refractivity contribution in [1.29, 1.82) is 0 Å². The molecule has 0 spiro atoms. The summed E-state index contributed by atoms with van der Waals surface area (Å²) in [4.78, 5) is 6.99. The molecule has 0 amide bonds. The Hall–Kier alpha value is -1.19. The monoisotopic (exact) mass is 244 g/mol. The van der Waals surface area contributed by atoms with Gasteiger partial charge in [-0.25, -0.2) is 4.98 Å². The van der Waals surface area contributed by atoms with Gasteiger partial charge in [0.15, 0.2) is 0 Å². The van der Waals surface area contributed by atoms with Crippen LogP contribution in [0.15, 0.2) is 36.7 Å². The molecule has 0 aliphatic rings. The van der Waals surface area contributed by atoms with E-state index in [0.717, 1.165) is 11.6 Å². The van der Waals surface area contributed by atoms with E-state index in [-0.39, 0.29) is 12.4 Å². The highest BCUT2D eigenvalue weighted by atomic mass is 35.5. The van der Waals surface area contributed by atoms with Crippen LogP contribution in [-0.2, 0) is 6.61 Å². The number of rotatable bonds is 3. The second-order valence-electron chi connectivity index (χ2n) is 2.78. The van der Waals surface area contributed by atoms with Crippen LogP contribution < -0.4 is 4.74 Å². The number of benzene rings is 1. The van der Waals surface area contributed by atoms with Crippen molar-refractivity contribution in [1.82, 2.24) is 9.97 Å². The van der Waals surface area contributed by atoms with Crippen molar-refractivity contribution in [2.45, 2.75) is 6.61 Å². The molecule has 15 heavy (non-hydrogen) atoms. The standard InChI is InChI=1S/C10H9ClN2O.ClH/c11-8-2-1-3-9(6-8)14-7-10-12-4-5-13-10;/h1-6H,7H2,(H,12,13);1H. The van der Waals surface area contributed by atoms with Gasteiger partial charge in [0, 0.05) is 17.4 Å². The molecule has 3 nitrogen and oxygen atoms in total. The maximum atomic E-state index is 5.80. The lowest BCUT2D eigenvalue weighted by Gasteiger charge is -2.03. The first kappa shape index (κ1) is 11.9. The predicted octanol–water partition coefficient (Wildman–Crippen LogP) is 3.06. The first-order valence-electron chi connectivity index (χ1n) is 4.21. The minimum absolute atomic E-state index is 0. The number of nitrogens with zero attached hydrogens (tertiary/aromatic N) is 1. The minimum Gasteiger partial charge on any atom is -0.486 e. The van der Waals surface area contributed by atoms with Gasteiger partial charge in [-0.15, -0.1) is 12.4 Å². The van der Waals surface area contributed by atoms with Crippen LogP contribution in [0.25, 0.3) is 0 Å². The number of ether oxygens (including phenoxy) is 1. The molecule has 2 aromatic rings. The molecule has 0 saturated carbocycles. The van der Waals surface area contributed by atoms with Crippen molar-refractivity contribution in [3.63, 3.8) is 0 Å². The number of imidazole rings is 1. The fourth-order valence-corrected chi connectivity index (χ4v) is 1.27. The zero-order valence-corrected chi connectivity index (χ0v) is 9.39. The quantitative estimate of drug-likeness (QED) is 0.902. The first-order valence-corrected chi connectivity index (χ1v) is 4.59. The average molecular weight is 245 g/mol. The summed E-state index contributed by atoms with van der Waals surface area (Å²) in [5, 5.41) is 0.668. The summed E-state index contributed by atoms with van der Waals surface area (Å²) >= 11 is 5.80. The molecule has 0 aliphatic heterocycles. The zero-order valence-electron chi connectivity index (χ0n) is 7.81. The molecule has 0 fully saturated rings. The number of nitrogens with one attached hydrogen (secondary N) is 1. The van der Waals surface area contributed by atoms with Crippen LogP contribution >= 0.6 is 24.0 Å². The highest BCUT2D eigenvalue weighted by molar-refractivity contribution is 6.30. The van der Waals surface area contributed by atoms with Crippen LogP contribution in [0.5, 0.6) is 5.75 Å². The number of aromatic amines is 1. The molecular weight excluding hydrogens is 235 g/mol. The number of halogens is 2. The third kappa shape index (κ3) is 3.46. The largest absolute Gasteiger partial charge is 0.486 e. The maximum absolute atomic E-state index is 5.80. The fourth-order valence-electron chi connectivity index (χ4n) is 1.09. The summed E-state index contributed by atoms with van der Waals surface area (Å²) in [6.07, 6.45) is 3.45. The molecule has 1 heterocycles. The lowest BCUT2D eigenvalue weighted by atomic mass is 10.3. The summed E-state index contributed by atoms with van der Waals surface area (Å²) in [6, 6.07) is 7.28. The highest BCUT2D eigenvalue weighted by Crippen LogP contribution is 2.17. The van der Waals surface area contributed by atoms with E-state index >= 15 is 0 Å². The molecule has 1 N–H and O–H groups in total. The summed E-state index contributed by atoms with van der Waals surface area (Å²) in [6.45, 7) is 0.424. The Morgan fingerprint density at radius 2 is 2.27 bits per heavy atom. The van der Waals surface area contributed by atoms with Gasteiger partial charge in [0.2, 0.25) is 0 Å². The average Bonchev–Trinajstić information content (AvgIpc) is 2.67. The van der Waals surface area contributed by atoms with Gasteiger partial charge in [0.1, 0.15) is 18.2 Å². The Balaban J connectivity index is 0.00000112. The van der Waals surface area contributed by atoms with Crippen molar-refractivity contribution in [2.75, 3.05) is 0 Å². The maximum Gasteiger partial charge on any atom is 0.146 e. The minimum atomic E-state index is 0. The Bertz CT molecular complexity index is 404. The van der Waals surface area contributed by atoms with Crippen molar-refractivity contribution in [3.8, 4) is 5.75 Å². The first-order chi connectivity index (χ1) is 6.84. The van der Waals surface area contributed by atoms with Gasteiger partial charge < -0.3 is 9.72 Å². The Morgan fingerprint density at radius 3 is 2.93 bits per heavy atom. The number of hydrogen-bond acceptors (Lipinski definition) is 2. The van der Waals surface area contributed by atoms with Crippen LogP contribution in [0.1, 0.15) is 5.82 Å². The van der Waals surface area contributed by atoms with E-state index in [1.165, 1.54) is 0 Å². The second-order valence-corrected chi connectivity index (χ2v) is 3.22. The van der Waals surface area contributed by atoms with Crippen molar-refractivity contribution >= 4 is 24.0 Å². The second kappa shape index (κ2) is 5.63. The molecule has 0 radical (unpaired) electrons. The third-order valence-corrected chi connectivity index (χ3v) is 1.96. The van der Waals surface area contributed by atoms with E-state index in [4.69, 9.17) is 16.3 Å². The summed E-state index contributed by atoms with van der Waals surface area (Å²) in [5.74, 6) is 1.54. The molecular formula is C10H10Cl2N2O. The summed E-state index contributed by atoms with van der Waals surface area (Å²) < 4.78 is 5.45. The van der Waals surface area contributed by atoms with E-state index in [1.807, 2.05) is 12.1 Å². The van der Waals surface area contributed by atoms with E-state index in [1.54, 1.807) is 24.5 Å². The molecule has 0 saturated heterocycles. The summed E-state index contributed by atoms with van der Waals surface area (Å²) in [7, 11) is 0. The van der Waals surface area contributed by atoms with Crippen LogP contribution in [0.3, 0.4) is 0 Å². The van der Waals surface area contributed by atoms with E-state index < -0.39 is 0 Å². The molecule has 0 aliphatic carbocycles. The van der Waals surface area contributed by atoms with E-state index in [9.17, 15) is 0 Å². The van der Waals surface area contributed by atoms with Crippen molar-refractivity contribution in [3.05, 3.63) is 47.5 Å². The van der Waals surface area contributed by atoms with Gasteiger partial charge >= 0.3 is 0 Å². The summed E-state index contributed by atoms with van der Waals surface area (Å²) in [5.41, 5.74) is 0. The molecule has 1 aromatic carbocycles. The Labute approximate surface area is 98.9 Å². The van der Waals surface area contributed by atoms with Gasteiger partial charge in [-0.2, -0.15) is 0 Å². The molecule has 1 aromatic heterocycles. The number of H-pyrrole nitrogens is 1. The fraction of sp³-hybridized carbons (Fsp3) is 0.100. The number of hydrogen-bond donors (Lipinski definition) is 1. The molecule has 0 unspecified atom stereocenters. The highest BCUT2D eigenvalue weighted by Gasteiger charge is 1.97. The lowest BCUT2D eigenvalue weighted by molar-refractivity contribution is 0.297. The third-order valence-electron chi connectivity index (χ3n) is 1.73. The molecule has 80 valence electrons. The molecule has 0 bridgehead atoms. The van der Waals surface area contributed by atoms with Crippen molar-refractivity contribution < 1.29 is 4.74 Å². The van der Waals surface area contributed by atoms with Gasteiger partial charge in [-0.3, -0.25) is 0 Å². The molecule has 5 heteroatoms. The number of aromatic nitrogens is 2. The van der Waals surface area contributed by atoms with E-state index in [0.29, 0.717) is 11.6 Å². The van der Waals surface area contributed by atoms with Gasteiger partial charge in [-0.1, -0.05) is 17.7 Å². The van der Waals surface area contributed by atoms with Gasteiger partial charge in [-0.05, 0) is 18.2 Å². The van der Waals surface area contributed by atoms with E-state index in [2.05, 4.69) is 9.97 Å². The molecule has 0 atom stereocenters. The van der Waals surface area contributed by atoms with Crippen LogP contribution in [0.2, 0.25) is 5.02 Å². The molecule has 2 rings (SSSR count). The van der Waals surface area contributed by atoms with Crippen LogP contribution in [-0.4, -0.2) is 9.97 Å². The van der Waals surface area contributed by atoms with Crippen molar-refractivity contribution in [2.24, 2.45) is 0 Å². The normalized spacial score (nSPS) is 9.40. The van der Waals surface area contributed by atoms with Gasteiger partial charge in [0.05, 0.1) is 0 Å².